The van der Waals surface area contributed by atoms with Gasteiger partial charge in [0.1, 0.15) is 6.10 Å². The molecule has 1 amide bonds. The second-order valence-electron chi connectivity index (χ2n) is 11.1. The molecule has 9 nitrogen and oxygen atoms in total. The number of methoxy groups -OCH3 is 1. The van der Waals surface area contributed by atoms with E-state index in [1.54, 1.807) is 12.4 Å². The van der Waals surface area contributed by atoms with Crippen LogP contribution >= 0.6 is 0 Å². The molecule has 0 N–H and O–H groups in total. The van der Waals surface area contributed by atoms with Gasteiger partial charge in [-0.05, 0) is 48.2 Å². The zero-order valence-electron chi connectivity index (χ0n) is 24.9. The second-order valence-corrected chi connectivity index (χ2v) is 11.1. The lowest BCUT2D eigenvalue weighted by atomic mass is 9.97. The molecule has 45 heavy (non-hydrogen) atoms. The van der Waals surface area contributed by atoms with Gasteiger partial charge in [-0.25, -0.2) is 19.7 Å². The SMILES string of the molecule is COc1ncc(C(C)C)cc1-c1cnc(N2CCOCC2)nc1CN1C(=O)OC(c2cc(C(F)(F)F)cc(C(F)(F)F)c2)C1C. The Hall–Kier alpha value is -4.14. The van der Waals surface area contributed by atoms with Crippen LogP contribution in [-0.4, -0.2) is 65.4 Å². The molecule has 2 fully saturated rings. The summed E-state index contributed by atoms with van der Waals surface area (Å²) in [7, 11) is 1.46. The molecule has 2 atom stereocenters. The Morgan fingerprint density at radius 3 is 2.18 bits per heavy atom. The van der Waals surface area contributed by atoms with Gasteiger partial charge in [-0.2, -0.15) is 26.3 Å². The Bertz CT molecular complexity index is 1530. The summed E-state index contributed by atoms with van der Waals surface area (Å²) < 4.78 is 97.8. The lowest BCUT2D eigenvalue weighted by Gasteiger charge is -2.28. The van der Waals surface area contributed by atoms with Crippen molar-refractivity contribution in [2.75, 3.05) is 38.3 Å². The molecule has 2 saturated heterocycles. The zero-order valence-corrected chi connectivity index (χ0v) is 24.9. The maximum Gasteiger partial charge on any atom is 0.416 e. The summed E-state index contributed by atoms with van der Waals surface area (Å²) in [4.78, 5) is 30.1. The maximum absolute atomic E-state index is 13.6. The van der Waals surface area contributed by atoms with Gasteiger partial charge in [0.2, 0.25) is 11.8 Å². The number of carbonyl (C=O) groups excluding carboxylic acids is 1. The molecule has 15 heteroatoms. The number of anilines is 1. The number of ether oxygens (including phenoxy) is 3. The number of carbonyl (C=O) groups is 1. The Balaban J connectivity index is 1.56. The van der Waals surface area contributed by atoms with Crippen molar-refractivity contribution in [3.8, 4) is 17.0 Å². The van der Waals surface area contributed by atoms with Crippen molar-refractivity contribution in [1.82, 2.24) is 19.9 Å². The highest BCUT2D eigenvalue weighted by molar-refractivity contribution is 5.74. The van der Waals surface area contributed by atoms with Gasteiger partial charge in [-0.3, -0.25) is 4.90 Å². The molecule has 4 heterocycles. The van der Waals surface area contributed by atoms with Gasteiger partial charge >= 0.3 is 18.4 Å². The maximum atomic E-state index is 13.6. The van der Waals surface area contributed by atoms with E-state index in [-0.39, 0.29) is 24.4 Å². The molecule has 0 saturated carbocycles. The fourth-order valence-corrected chi connectivity index (χ4v) is 5.27. The molecule has 0 radical (unpaired) electrons. The first-order chi connectivity index (χ1) is 21.2. The molecular weight excluding hydrogens is 608 g/mol. The Morgan fingerprint density at radius 2 is 1.60 bits per heavy atom. The molecule has 2 aliphatic heterocycles. The number of amides is 1. The number of hydrogen-bond acceptors (Lipinski definition) is 8. The Labute approximate surface area is 255 Å². The molecule has 2 unspecified atom stereocenters. The summed E-state index contributed by atoms with van der Waals surface area (Å²) in [5, 5.41) is 0. The fraction of sp³-hybridized carbons (Fsp3) is 0.467. The monoisotopic (exact) mass is 639 g/mol. The fourth-order valence-electron chi connectivity index (χ4n) is 5.27. The highest BCUT2D eigenvalue weighted by Crippen LogP contribution is 2.42. The van der Waals surface area contributed by atoms with Crippen LogP contribution in [0.5, 0.6) is 5.88 Å². The van der Waals surface area contributed by atoms with E-state index in [1.807, 2.05) is 24.8 Å². The predicted molar refractivity (Wildman–Crippen MR) is 150 cm³/mol. The first-order valence-electron chi connectivity index (χ1n) is 14.2. The number of morpholine rings is 1. The zero-order chi connectivity index (χ0) is 32.7. The smallest absolute Gasteiger partial charge is 0.416 e. The highest BCUT2D eigenvalue weighted by atomic mass is 19.4. The lowest BCUT2D eigenvalue weighted by Crippen LogP contribution is -2.38. The summed E-state index contributed by atoms with van der Waals surface area (Å²) >= 11 is 0. The third-order valence-electron chi connectivity index (χ3n) is 7.82. The minimum absolute atomic E-state index is 0.0374. The third-order valence-corrected chi connectivity index (χ3v) is 7.82. The van der Waals surface area contributed by atoms with Gasteiger partial charge in [0.25, 0.3) is 0 Å². The third kappa shape index (κ3) is 6.77. The first-order valence-corrected chi connectivity index (χ1v) is 14.2. The number of rotatable bonds is 7. The van der Waals surface area contributed by atoms with Crippen LogP contribution in [0.3, 0.4) is 0 Å². The number of halogens is 6. The molecule has 242 valence electrons. The molecule has 5 rings (SSSR count). The summed E-state index contributed by atoms with van der Waals surface area (Å²) in [5.74, 6) is 0.762. The van der Waals surface area contributed by atoms with Crippen LogP contribution in [0.25, 0.3) is 11.1 Å². The minimum Gasteiger partial charge on any atom is -0.481 e. The van der Waals surface area contributed by atoms with E-state index >= 15 is 0 Å². The van der Waals surface area contributed by atoms with Crippen LogP contribution in [0.4, 0.5) is 37.1 Å². The van der Waals surface area contributed by atoms with Crippen molar-refractivity contribution >= 4 is 12.0 Å². The number of cyclic esters (lactones) is 1. The summed E-state index contributed by atoms with van der Waals surface area (Å²) in [6.07, 6.45) is -9.16. The van der Waals surface area contributed by atoms with E-state index in [0.717, 1.165) is 5.56 Å². The molecule has 0 aliphatic carbocycles. The number of alkyl halides is 6. The molecule has 0 bridgehead atoms. The Kier molecular flexibility index (Phi) is 8.84. The van der Waals surface area contributed by atoms with Crippen molar-refractivity contribution in [2.45, 2.75) is 57.7 Å². The van der Waals surface area contributed by atoms with Gasteiger partial charge in [-0.1, -0.05) is 13.8 Å². The minimum atomic E-state index is -5.05. The lowest BCUT2D eigenvalue weighted by molar-refractivity contribution is -0.143. The van der Waals surface area contributed by atoms with E-state index in [2.05, 4.69) is 9.97 Å². The number of pyridine rings is 1. The number of benzene rings is 1. The largest absolute Gasteiger partial charge is 0.481 e. The Morgan fingerprint density at radius 1 is 0.956 bits per heavy atom. The van der Waals surface area contributed by atoms with Crippen LogP contribution in [0.2, 0.25) is 0 Å². The van der Waals surface area contributed by atoms with Crippen molar-refractivity contribution in [2.24, 2.45) is 0 Å². The summed E-state index contributed by atoms with van der Waals surface area (Å²) in [5.41, 5.74) is -1.12. The van der Waals surface area contributed by atoms with Crippen LogP contribution in [0.1, 0.15) is 60.7 Å². The van der Waals surface area contributed by atoms with Crippen molar-refractivity contribution < 1.29 is 45.3 Å². The normalized spacial score (nSPS) is 19.3. The topological polar surface area (TPSA) is 89.9 Å². The highest BCUT2D eigenvalue weighted by Gasteiger charge is 2.43. The second kappa shape index (κ2) is 12.3. The standard InChI is InChI=1S/C30H31F6N5O4/c1-16(2)19-11-22(26(43-4)37-13-19)23-14-38-27(40-5-7-44-8-6-40)39-24(23)15-41-17(3)25(45-28(41)42)18-9-20(29(31,32)33)12-21(10-18)30(34,35)36/h9-14,16-17,25H,5-8,15H2,1-4H3. The van der Waals surface area contributed by atoms with Crippen LogP contribution in [-0.2, 0) is 28.4 Å². The van der Waals surface area contributed by atoms with E-state index in [9.17, 15) is 31.1 Å². The summed E-state index contributed by atoms with van der Waals surface area (Å²) in [6, 6.07) is 2.11. The van der Waals surface area contributed by atoms with Crippen LogP contribution < -0.4 is 9.64 Å². The van der Waals surface area contributed by atoms with Crippen molar-refractivity contribution in [3.63, 3.8) is 0 Å². The number of nitrogens with zero attached hydrogens (tertiary/aromatic N) is 5. The predicted octanol–water partition coefficient (Wildman–Crippen LogP) is 6.63. The van der Waals surface area contributed by atoms with Gasteiger partial charge < -0.3 is 19.1 Å². The molecule has 2 aromatic heterocycles. The molecule has 3 aromatic rings. The van der Waals surface area contributed by atoms with E-state index in [0.29, 0.717) is 61.2 Å². The van der Waals surface area contributed by atoms with Crippen LogP contribution in [0, 0.1) is 0 Å². The number of hydrogen-bond donors (Lipinski definition) is 0. The van der Waals surface area contributed by atoms with E-state index < -0.39 is 47.3 Å². The average Bonchev–Trinajstić information content (AvgIpc) is 3.28. The summed E-state index contributed by atoms with van der Waals surface area (Å²) in [6.45, 7) is 7.26. The average molecular weight is 640 g/mol. The van der Waals surface area contributed by atoms with Crippen molar-refractivity contribution in [3.05, 3.63) is 64.6 Å². The molecule has 1 aromatic carbocycles. The van der Waals surface area contributed by atoms with Gasteiger partial charge in [0.15, 0.2) is 0 Å². The quantitative estimate of drug-likeness (QED) is 0.267. The van der Waals surface area contributed by atoms with Crippen LogP contribution in [0.15, 0.2) is 36.7 Å². The number of aromatic nitrogens is 3. The molecule has 0 spiro atoms. The first kappa shape index (κ1) is 32.3. The van der Waals surface area contributed by atoms with Gasteiger partial charge in [-0.15, -0.1) is 0 Å². The molecular formula is C30H31F6N5O4. The molecule has 2 aliphatic rings. The van der Waals surface area contributed by atoms with Crippen molar-refractivity contribution in [1.29, 1.82) is 0 Å². The van der Waals surface area contributed by atoms with E-state index in [4.69, 9.17) is 19.2 Å². The van der Waals surface area contributed by atoms with E-state index in [1.165, 1.54) is 18.9 Å². The van der Waals surface area contributed by atoms with Gasteiger partial charge in [0.05, 0.1) is 49.7 Å². The van der Waals surface area contributed by atoms with Gasteiger partial charge in [0, 0.05) is 36.6 Å².